The van der Waals surface area contributed by atoms with Crippen LogP contribution in [-0.2, 0) is 0 Å². The van der Waals surface area contributed by atoms with Gasteiger partial charge in [-0.2, -0.15) is 0 Å². The van der Waals surface area contributed by atoms with E-state index in [1.54, 1.807) is 17.2 Å². The van der Waals surface area contributed by atoms with Gasteiger partial charge in [-0.15, -0.1) is 0 Å². The second-order valence-corrected chi connectivity index (χ2v) is 6.90. The first-order chi connectivity index (χ1) is 13.6. The summed E-state index contributed by atoms with van der Waals surface area (Å²) in [5.41, 5.74) is 5.47. The topological polar surface area (TPSA) is 54.5 Å². The predicted molar refractivity (Wildman–Crippen MR) is 111 cm³/mol. The Balaban J connectivity index is 1.74. The summed E-state index contributed by atoms with van der Waals surface area (Å²) in [5.74, 6) is 0.724. The highest BCUT2D eigenvalue weighted by Gasteiger charge is 2.39. The molecular formula is C23H23N3O2. The fraction of sp³-hybridized carbons (Fsp3) is 0.217. The molecule has 1 aliphatic heterocycles. The highest BCUT2D eigenvalue weighted by molar-refractivity contribution is 6.11. The number of ether oxygens (including phenoxy) is 1. The minimum Gasteiger partial charge on any atom is -0.494 e. The van der Waals surface area contributed by atoms with Crippen molar-refractivity contribution in [1.29, 1.82) is 0 Å². The summed E-state index contributed by atoms with van der Waals surface area (Å²) in [6.07, 6.45) is 1.35. The normalized spacial score (nSPS) is 15.5. The van der Waals surface area contributed by atoms with E-state index in [4.69, 9.17) is 4.74 Å². The first-order valence-corrected chi connectivity index (χ1v) is 9.43. The quantitative estimate of drug-likeness (QED) is 0.693. The Hall–Kier alpha value is -3.34. The van der Waals surface area contributed by atoms with Crippen LogP contribution >= 0.6 is 0 Å². The number of nitrogens with one attached hydrogen (secondary N) is 1. The highest BCUT2D eigenvalue weighted by atomic mass is 16.5. The maximum atomic E-state index is 13.2. The fourth-order valence-electron chi connectivity index (χ4n) is 3.58. The van der Waals surface area contributed by atoms with E-state index in [0.29, 0.717) is 12.2 Å². The number of aryl methyl sites for hydroxylation is 2. The van der Waals surface area contributed by atoms with Gasteiger partial charge in [-0.3, -0.25) is 14.7 Å². The molecule has 1 amide bonds. The summed E-state index contributed by atoms with van der Waals surface area (Å²) in [6, 6.07) is 17.5. The van der Waals surface area contributed by atoms with Gasteiger partial charge in [-0.1, -0.05) is 17.7 Å². The van der Waals surface area contributed by atoms with Crippen molar-refractivity contribution in [3.63, 3.8) is 0 Å². The van der Waals surface area contributed by atoms with E-state index in [2.05, 4.69) is 36.3 Å². The maximum Gasteiger partial charge on any atom is 0.262 e. The van der Waals surface area contributed by atoms with Crippen LogP contribution in [0.2, 0.25) is 0 Å². The summed E-state index contributed by atoms with van der Waals surface area (Å²) >= 11 is 0. The van der Waals surface area contributed by atoms with Gasteiger partial charge in [0.15, 0.2) is 6.17 Å². The monoisotopic (exact) mass is 373 g/mol. The average molecular weight is 373 g/mol. The van der Waals surface area contributed by atoms with Gasteiger partial charge in [0.25, 0.3) is 5.91 Å². The number of hydrogen-bond donors (Lipinski definition) is 1. The molecule has 1 aromatic heterocycles. The Morgan fingerprint density at radius 3 is 2.61 bits per heavy atom. The lowest BCUT2D eigenvalue weighted by atomic mass is 10.1. The minimum absolute atomic E-state index is 0.0606. The second kappa shape index (κ2) is 7.35. The van der Waals surface area contributed by atoms with E-state index in [0.717, 1.165) is 28.4 Å². The summed E-state index contributed by atoms with van der Waals surface area (Å²) in [6.45, 7) is 6.68. The smallest absolute Gasteiger partial charge is 0.262 e. The zero-order chi connectivity index (χ0) is 19.7. The number of nitrogens with zero attached hydrogens (tertiary/aromatic N) is 2. The third-order valence-electron chi connectivity index (χ3n) is 4.90. The predicted octanol–water partition coefficient (Wildman–Crippen LogP) is 4.87. The molecule has 5 heteroatoms. The van der Waals surface area contributed by atoms with Crippen LogP contribution in [0.25, 0.3) is 0 Å². The zero-order valence-corrected chi connectivity index (χ0v) is 16.3. The van der Waals surface area contributed by atoms with Crippen LogP contribution in [0.15, 0.2) is 60.8 Å². The van der Waals surface area contributed by atoms with Gasteiger partial charge < -0.3 is 10.1 Å². The van der Waals surface area contributed by atoms with Crippen molar-refractivity contribution in [2.24, 2.45) is 0 Å². The molecule has 28 heavy (non-hydrogen) atoms. The first-order valence-electron chi connectivity index (χ1n) is 9.43. The van der Waals surface area contributed by atoms with Crippen LogP contribution in [-0.4, -0.2) is 17.5 Å². The molecule has 1 N–H and O–H groups in total. The highest BCUT2D eigenvalue weighted by Crippen LogP contribution is 2.38. The largest absolute Gasteiger partial charge is 0.494 e. The molecule has 142 valence electrons. The maximum absolute atomic E-state index is 13.2. The van der Waals surface area contributed by atoms with Crippen LogP contribution in [0, 0.1) is 13.8 Å². The molecule has 3 aromatic rings. The molecule has 0 bridgehead atoms. The van der Waals surface area contributed by atoms with Gasteiger partial charge in [0.2, 0.25) is 0 Å². The number of pyridine rings is 1. The number of carbonyl (C=O) groups excluding carboxylic acids is 1. The van der Waals surface area contributed by atoms with Crippen molar-refractivity contribution >= 4 is 17.3 Å². The number of carbonyl (C=O) groups is 1. The van der Waals surface area contributed by atoms with E-state index >= 15 is 0 Å². The molecule has 2 aromatic carbocycles. The van der Waals surface area contributed by atoms with E-state index in [1.807, 2.05) is 43.3 Å². The number of benzene rings is 2. The van der Waals surface area contributed by atoms with E-state index in [9.17, 15) is 4.79 Å². The minimum atomic E-state index is -0.372. The Morgan fingerprint density at radius 2 is 1.89 bits per heavy atom. The fourth-order valence-corrected chi connectivity index (χ4v) is 3.58. The lowest BCUT2D eigenvalue weighted by Crippen LogP contribution is -2.32. The molecule has 4 rings (SSSR count). The molecule has 0 spiro atoms. The third-order valence-corrected chi connectivity index (χ3v) is 4.90. The molecule has 0 radical (unpaired) electrons. The van der Waals surface area contributed by atoms with Crippen molar-refractivity contribution in [2.45, 2.75) is 26.9 Å². The average Bonchev–Trinajstić information content (AvgIpc) is 2.97. The lowest BCUT2D eigenvalue weighted by molar-refractivity contribution is 0.0993. The van der Waals surface area contributed by atoms with Crippen LogP contribution in [0.3, 0.4) is 0 Å². The number of anilines is 2. The molecule has 0 unspecified atom stereocenters. The molecular weight excluding hydrogens is 350 g/mol. The summed E-state index contributed by atoms with van der Waals surface area (Å²) in [5, 5.41) is 3.52. The third kappa shape index (κ3) is 3.20. The van der Waals surface area contributed by atoms with Crippen molar-refractivity contribution in [3.8, 4) is 5.75 Å². The molecule has 1 atom stereocenters. The van der Waals surface area contributed by atoms with E-state index in [1.165, 1.54) is 5.56 Å². The lowest BCUT2D eigenvalue weighted by Gasteiger charge is -2.27. The van der Waals surface area contributed by atoms with Crippen LogP contribution in [0.1, 0.15) is 40.3 Å². The Morgan fingerprint density at radius 1 is 1.11 bits per heavy atom. The van der Waals surface area contributed by atoms with Crippen molar-refractivity contribution < 1.29 is 9.53 Å². The molecule has 0 saturated heterocycles. The number of aromatic nitrogens is 1. The number of hydrogen-bond acceptors (Lipinski definition) is 4. The zero-order valence-electron chi connectivity index (χ0n) is 16.3. The van der Waals surface area contributed by atoms with Crippen molar-refractivity contribution in [3.05, 3.63) is 83.2 Å². The van der Waals surface area contributed by atoms with Crippen molar-refractivity contribution in [1.82, 2.24) is 4.98 Å². The molecule has 2 heterocycles. The molecule has 1 aliphatic rings. The van der Waals surface area contributed by atoms with Gasteiger partial charge in [-0.25, -0.2) is 0 Å². The second-order valence-electron chi connectivity index (χ2n) is 6.90. The standard InChI is InChI=1S/C23H23N3O2/c1-4-28-18-10-8-17(9-11-18)26-22(21-19(23(26)27)6-5-13-24-21)25-20-12-7-15(2)14-16(20)3/h5-14,22,25H,4H2,1-3H3/t22-/m1/s1. The number of rotatable bonds is 5. The van der Waals surface area contributed by atoms with Gasteiger partial charge in [0.05, 0.1) is 17.9 Å². The van der Waals surface area contributed by atoms with Gasteiger partial charge >= 0.3 is 0 Å². The van der Waals surface area contributed by atoms with Gasteiger partial charge in [0, 0.05) is 17.6 Å². The summed E-state index contributed by atoms with van der Waals surface area (Å²) < 4.78 is 5.53. The summed E-state index contributed by atoms with van der Waals surface area (Å²) in [4.78, 5) is 19.4. The molecule has 0 aliphatic carbocycles. The summed E-state index contributed by atoms with van der Waals surface area (Å²) in [7, 11) is 0. The molecule has 0 fully saturated rings. The number of fused-ring (bicyclic) bond motifs is 1. The Labute approximate surface area is 165 Å². The molecule has 0 saturated carbocycles. The van der Waals surface area contributed by atoms with Gasteiger partial charge in [0.1, 0.15) is 5.75 Å². The van der Waals surface area contributed by atoms with E-state index < -0.39 is 0 Å². The van der Waals surface area contributed by atoms with Gasteiger partial charge in [-0.05, 0) is 68.8 Å². The van der Waals surface area contributed by atoms with E-state index in [-0.39, 0.29) is 12.1 Å². The van der Waals surface area contributed by atoms with Crippen molar-refractivity contribution in [2.75, 3.05) is 16.8 Å². The van der Waals surface area contributed by atoms with Crippen LogP contribution < -0.4 is 15.0 Å². The first kappa shape index (κ1) is 18.0. The van der Waals surface area contributed by atoms with Crippen LogP contribution in [0.4, 0.5) is 11.4 Å². The Kier molecular flexibility index (Phi) is 4.74. The Bertz CT molecular complexity index is 1010. The number of amides is 1. The van der Waals surface area contributed by atoms with Crippen LogP contribution in [0.5, 0.6) is 5.75 Å². The SMILES string of the molecule is CCOc1ccc(N2C(=O)c3cccnc3[C@@H]2Nc2ccc(C)cc2C)cc1. The molecule has 5 nitrogen and oxygen atoms in total.